The maximum Gasteiger partial charge on any atom is 0.251 e. The molecule has 0 aliphatic carbocycles. The Hall–Kier alpha value is -2.49. The summed E-state index contributed by atoms with van der Waals surface area (Å²) in [6.07, 6.45) is 0. The Morgan fingerprint density at radius 3 is 2.28 bits per heavy atom. The fourth-order valence-corrected chi connectivity index (χ4v) is 2.54. The number of halogens is 1. The van der Waals surface area contributed by atoms with Crippen LogP contribution in [0.4, 0.5) is 0 Å². The van der Waals surface area contributed by atoms with Crippen molar-refractivity contribution >= 4 is 35.8 Å². The number of carbonyl (C=O) groups is 1. The first-order valence-corrected chi connectivity index (χ1v) is 9.24. The lowest BCUT2D eigenvalue weighted by molar-refractivity contribution is 0.0954. The molecule has 0 saturated heterocycles. The molecule has 0 aromatic heterocycles. The summed E-state index contributed by atoms with van der Waals surface area (Å²) in [6.45, 7) is 4.30. The lowest BCUT2D eigenvalue weighted by atomic mass is 10.2. The molecule has 0 bridgehead atoms. The van der Waals surface area contributed by atoms with Crippen molar-refractivity contribution in [2.24, 2.45) is 4.99 Å². The van der Waals surface area contributed by atoms with Gasteiger partial charge in [-0.2, -0.15) is 0 Å². The Kier molecular flexibility index (Phi) is 11.6. The van der Waals surface area contributed by atoms with E-state index in [4.69, 9.17) is 9.47 Å². The highest BCUT2D eigenvalue weighted by Gasteiger charge is 2.06. The fourth-order valence-electron chi connectivity index (χ4n) is 2.54. The van der Waals surface area contributed by atoms with E-state index in [0.717, 1.165) is 12.1 Å². The summed E-state index contributed by atoms with van der Waals surface area (Å²) >= 11 is 0. The van der Waals surface area contributed by atoms with Crippen LogP contribution in [-0.4, -0.2) is 45.7 Å². The van der Waals surface area contributed by atoms with Gasteiger partial charge in [0, 0.05) is 25.2 Å². The minimum absolute atomic E-state index is 0. The summed E-state index contributed by atoms with van der Waals surface area (Å²) in [6, 6.07) is 14.9. The van der Waals surface area contributed by atoms with Crippen molar-refractivity contribution in [2.45, 2.75) is 13.5 Å². The number of benzene rings is 2. The highest BCUT2D eigenvalue weighted by atomic mass is 127. The van der Waals surface area contributed by atoms with E-state index in [1.54, 1.807) is 26.4 Å². The van der Waals surface area contributed by atoms with Gasteiger partial charge >= 0.3 is 0 Å². The van der Waals surface area contributed by atoms with Gasteiger partial charge in [-0.1, -0.05) is 24.3 Å². The molecule has 0 saturated carbocycles. The standard InChI is InChI=1S/C21H28N4O3.HI/c1-4-22-21(24-13-12-23-20(26)17-8-6-5-7-9-17)25-15-16-10-11-18(27-2)19(14-16)28-3;/h5-11,14H,4,12-13,15H2,1-3H3,(H,23,26)(H2,22,24,25);1H. The van der Waals surface area contributed by atoms with Crippen LogP contribution in [0.1, 0.15) is 22.8 Å². The highest BCUT2D eigenvalue weighted by molar-refractivity contribution is 14.0. The van der Waals surface area contributed by atoms with Crippen LogP contribution in [0.2, 0.25) is 0 Å². The fraction of sp³-hybridized carbons (Fsp3) is 0.333. The number of nitrogens with zero attached hydrogens (tertiary/aromatic N) is 1. The molecule has 2 rings (SSSR count). The molecule has 0 radical (unpaired) electrons. The van der Waals surface area contributed by atoms with Gasteiger partial charge in [0.05, 0.1) is 20.8 Å². The van der Waals surface area contributed by atoms with Crippen LogP contribution in [-0.2, 0) is 6.54 Å². The van der Waals surface area contributed by atoms with Crippen molar-refractivity contribution in [3.8, 4) is 11.5 Å². The van der Waals surface area contributed by atoms with E-state index >= 15 is 0 Å². The molecule has 8 heteroatoms. The smallest absolute Gasteiger partial charge is 0.251 e. The number of ether oxygens (including phenoxy) is 2. The summed E-state index contributed by atoms with van der Waals surface area (Å²) < 4.78 is 10.6. The number of rotatable bonds is 9. The first kappa shape index (κ1) is 24.5. The second-order valence-electron chi connectivity index (χ2n) is 5.93. The van der Waals surface area contributed by atoms with Gasteiger partial charge in [-0.25, -0.2) is 4.99 Å². The molecule has 0 aliphatic rings. The lowest BCUT2D eigenvalue weighted by Crippen LogP contribution is -2.41. The molecule has 0 spiro atoms. The minimum Gasteiger partial charge on any atom is -0.493 e. The molecule has 0 unspecified atom stereocenters. The number of carbonyl (C=O) groups excluding carboxylic acids is 1. The van der Waals surface area contributed by atoms with Crippen molar-refractivity contribution < 1.29 is 14.3 Å². The van der Waals surface area contributed by atoms with Crippen molar-refractivity contribution in [3.63, 3.8) is 0 Å². The molecule has 3 N–H and O–H groups in total. The molecule has 0 fully saturated rings. The van der Waals surface area contributed by atoms with Crippen LogP contribution < -0.4 is 25.4 Å². The van der Waals surface area contributed by atoms with Crippen LogP contribution in [0.5, 0.6) is 11.5 Å². The van der Waals surface area contributed by atoms with Gasteiger partial charge < -0.3 is 25.4 Å². The van der Waals surface area contributed by atoms with Crippen molar-refractivity contribution in [1.29, 1.82) is 0 Å². The molecule has 7 nitrogen and oxygen atoms in total. The number of hydrogen-bond donors (Lipinski definition) is 3. The number of amides is 1. The Labute approximate surface area is 189 Å². The minimum atomic E-state index is -0.0883. The van der Waals surface area contributed by atoms with Gasteiger partial charge in [-0.3, -0.25) is 4.79 Å². The first-order chi connectivity index (χ1) is 13.7. The number of guanidine groups is 1. The van der Waals surface area contributed by atoms with Crippen LogP contribution in [0.15, 0.2) is 53.5 Å². The Morgan fingerprint density at radius 2 is 1.62 bits per heavy atom. The van der Waals surface area contributed by atoms with Gasteiger partial charge in [-0.05, 0) is 36.8 Å². The normalized spacial score (nSPS) is 10.5. The number of methoxy groups -OCH3 is 2. The Bertz CT molecular complexity index is 785. The average molecular weight is 512 g/mol. The maximum atomic E-state index is 12.0. The predicted molar refractivity (Wildman–Crippen MR) is 127 cm³/mol. The third kappa shape index (κ3) is 8.18. The number of nitrogens with one attached hydrogen (secondary N) is 3. The molecule has 2 aromatic carbocycles. The average Bonchev–Trinajstić information content (AvgIpc) is 2.75. The summed E-state index contributed by atoms with van der Waals surface area (Å²) in [5.74, 6) is 1.96. The third-order valence-corrected chi connectivity index (χ3v) is 3.95. The molecule has 158 valence electrons. The highest BCUT2D eigenvalue weighted by Crippen LogP contribution is 2.27. The molecular weight excluding hydrogens is 483 g/mol. The van der Waals surface area contributed by atoms with E-state index < -0.39 is 0 Å². The number of hydrogen-bond acceptors (Lipinski definition) is 4. The SMILES string of the molecule is CCNC(=NCc1ccc(OC)c(OC)c1)NCCNC(=O)c1ccccc1.I. The van der Waals surface area contributed by atoms with Crippen LogP contribution >= 0.6 is 24.0 Å². The van der Waals surface area contributed by atoms with Gasteiger partial charge in [0.15, 0.2) is 17.5 Å². The zero-order valence-electron chi connectivity index (χ0n) is 17.0. The summed E-state index contributed by atoms with van der Waals surface area (Å²) in [5.41, 5.74) is 1.66. The summed E-state index contributed by atoms with van der Waals surface area (Å²) in [7, 11) is 3.22. The van der Waals surface area contributed by atoms with E-state index in [1.165, 1.54) is 0 Å². The van der Waals surface area contributed by atoms with Crippen molar-refractivity contribution in [2.75, 3.05) is 33.9 Å². The predicted octanol–water partition coefficient (Wildman–Crippen LogP) is 2.81. The van der Waals surface area contributed by atoms with Gasteiger partial charge in [-0.15, -0.1) is 24.0 Å². The third-order valence-electron chi connectivity index (χ3n) is 3.95. The van der Waals surface area contributed by atoms with Crippen LogP contribution in [0.25, 0.3) is 0 Å². The van der Waals surface area contributed by atoms with Crippen molar-refractivity contribution in [3.05, 3.63) is 59.7 Å². The number of aliphatic imine (C=N–C) groups is 1. The summed E-state index contributed by atoms with van der Waals surface area (Å²) in [4.78, 5) is 16.6. The largest absolute Gasteiger partial charge is 0.493 e. The van der Waals surface area contributed by atoms with E-state index in [-0.39, 0.29) is 29.9 Å². The molecule has 29 heavy (non-hydrogen) atoms. The Morgan fingerprint density at radius 1 is 0.931 bits per heavy atom. The molecule has 0 atom stereocenters. The second kappa shape index (κ2) is 13.6. The topological polar surface area (TPSA) is 84.0 Å². The molecule has 0 aliphatic heterocycles. The van der Waals surface area contributed by atoms with Crippen LogP contribution in [0.3, 0.4) is 0 Å². The van der Waals surface area contributed by atoms with E-state index in [1.807, 2.05) is 43.3 Å². The van der Waals surface area contributed by atoms with Crippen molar-refractivity contribution in [1.82, 2.24) is 16.0 Å². The molecule has 0 heterocycles. The van der Waals surface area contributed by atoms with E-state index in [2.05, 4.69) is 20.9 Å². The van der Waals surface area contributed by atoms with Gasteiger partial charge in [0.1, 0.15) is 0 Å². The Balaban J connectivity index is 0.00000420. The van der Waals surface area contributed by atoms with E-state index in [9.17, 15) is 4.79 Å². The van der Waals surface area contributed by atoms with Crippen LogP contribution in [0, 0.1) is 0 Å². The summed E-state index contributed by atoms with van der Waals surface area (Å²) in [5, 5.41) is 9.29. The van der Waals surface area contributed by atoms with Gasteiger partial charge in [0.25, 0.3) is 5.91 Å². The quantitative estimate of drug-likeness (QED) is 0.208. The zero-order chi connectivity index (χ0) is 20.2. The van der Waals surface area contributed by atoms with Gasteiger partial charge in [0.2, 0.25) is 0 Å². The van der Waals surface area contributed by atoms with E-state index in [0.29, 0.717) is 42.7 Å². The molecule has 2 aromatic rings. The lowest BCUT2D eigenvalue weighted by Gasteiger charge is -2.12. The monoisotopic (exact) mass is 512 g/mol. The molecular formula is C21H29IN4O3. The zero-order valence-corrected chi connectivity index (χ0v) is 19.4. The first-order valence-electron chi connectivity index (χ1n) is 9.24. The second-order valence-corrected chi connectivity index (χ2v) is 5.93. The maximum absolute atomic E-state index is 12.0. The molecule has 1 amide bonds.